The minimum Gasteiger partial charge on any atom is -0.197 e. The van der Waals surface area contributed by atoms with Crippen LogP contribution in [0.1, 0.15) is 74.8 Å². The molecule has 1 aromatic carbocycles. The Morgan fingerprint density at radius 3 is 2.25 bits per heavy atom. The van der Waals surface area contributed by atoms with Crippen molar-refractivity contribution < 1.29 is 0 Å². The van der Waals surface area contributed by atoms with Crippen LogP contribution in [-0.4, -0.2) is 15.4 Å². The zero-order chi connectivity index (χ0) is 13.8. The number of hydrogen-bond donors (Lipinski definition) is 1. The molecular formula is C17H25N3. The van der Waals surface area contributed by atoms with Crippen LogP contribution in [0.5, 0.6) is 0 Å². The average Bonchev–Trinajstić information content (AvgIpc) is 2.93. The van der Waals surface area contributed by atoms with Crippen molar-refractivity contribution in [1.29, 1.82) is 0 Å². The lowest BCUT2D eigenvalue weighted by Gasteiger charge is -2.21. The standard InChI is InChI=1S/C17H25N3/c1-13-11-12-15-17(19-20-18-15)16(13)14-9-7-5-3-2-4-6-8-10-14/h11-12,14H,2-10H2,1H3,(H,18,19,20). The van der Waals surface area contributed by atoms with Gasteiger partial charge in [-0.3, -0.25) is 0 Å². The second kappa shape index (κ2) is 6.38. The van der Waals surface area contributed by atoms with E-state index in [-0.39, 0.29) is 0 Å². The fourth-order valence-electron chi connectivity index (χ4n) is 3.65. The molecule has 1 N–H and O–H groups in total. The zero-order valence-electron chi connectivity index (χ0n) is 12.5. The van der Waals surface area contributed by atoms with Gasteiger partial charge in [-0.25, -0.2) is 0 Å². The zero-order valence-corrected chi connectivity index (χ0v) is 12.5. The number of aryl methyl sites for hydroxylation is 1. The molecule has 0 unspecified atom stereocenters. The first-order valence-electron chi connectivity index (χ1n) is 8.16. The van der Waals surface area contributed by atoms with Gasteiger partial charge in [0.05, 0.1) is 0 Å². The molecule has 0 spiro atoms. The molecule has 1 aliphatic carbocycles. The molecule has 2 aromatic rings. The lowest BCUT2D eigenvalue weighted by molar-refractivity contribution is 0.463. The fourth-order valence-corrected chi connectivity index (χ4v) is 3.65. The Kier molecular flexibility index (Phi) is 4.34. The third kappa shape index (κ3) is 2.87. The maximum Gasteiger partial charge on any atom is 0.116 e. The summed E-state index contributed by atoms with van der Waals surface area (Å²) in [6.07, 6.45) is 12.4. The fraction of sp³-hybridized carbons (Fsp3) is 0.647. The number of nitrogens with zero attached hydrogens (tertiary/aromatic N) is 2. The summed E-state index contributed by atoms with van der Waals surface area (Å²) in [5.74, 6) is 0.668. The first kappa shape index (κ1) is 13.6. The van der Waals surface area contributed by atoms with Gasteiger partial charge in [-0.15, -0.1) is 0 Å². The minimum absolute atomic E-state index is 0.668. The summed E-state index contributed by atoms with van der Waals surface area (Å²) in [5, 5.41) is 11.5. The van der Waals surface area contributed by atoms with Gasteiger partial charge in [0.1, 0.15) is 11.0 Å². The first-order chi connectivity index (χ1) is 9.86. The van der Waals surface area contributed by atoms with Crippen LogP contribution >= 0.6 is 0 Å². The number of aromatic amines is 1. The predicted molar refractivity (Wildman–Crippen MR) is 82.9 cm³/mol. The highest BCUT2D eigenvalue weighted by Gasteiger charge is 2.19. The van der Waals surface area contributed by atoms with E-state index >= 15 is 0 Å². The van der Waals surface area contributed by atoms with Gasteiger partial charge in [0, 0.05) is 0 Å². The predicted octanol–water partition coefficient (Wildman–Crippen LogP) is 4.87. The molecule has 108 valence electrons. The van der Waals surface area contributed by atoms with Crippen molar-refractivity contribution in [3.63, 3.8) is 0 Å². The molecule has 3 heteroatoms. The van der Waals surface area contributed by atoms with E-state index in [4.69, 9.17) is 0 Å². The van der Waals surface area contributed by atoms with Crippen LogP contribution in [0.4, 0.5) is 0 Å². The summed E-state index contributed by atoms with van der Waals surface area (Å²) >= 11 is 0. The highest BCUT2D eigenvalue weighted by atomic mass is 15.3. The van der Waals surface area contributed by atoms with E-state index < -0.39 is 0 Å². The van der Waals surface area contributed by atoms with Gasteiger partial charge < -0.3 is 0 Å². The van der Waals surface area contributed by atoms with Crippen LogP contribution < -0.4 is 0 Å². The van der Waals surface area contributed by atoms with Gasteiger partial charge in [0.2, 0.25) is 0 Å². The molecule has 0 amide bonds. The van der Waals surface area contributed by atoms with Crippen molar-refractivity contribution in [2.75, 3.05) is 0 Å². The molecule has 0 atom stereocenters. The van der Waals surface area contributed by atoms with Crippen LogP contribution in [0.15, 0.2) is 12.1 Å². The Morgan fingerprint density at radius 1 is 0.900 bits per heavy atom. The molecule has 0 radical (unpaired) electrons. The number of fused-ring (bicyclic) bond motifs is 1. The summed E-state index contributed by atoms with van der Waals surface area (Å²) < 4.78 is 0. The second-order valence-electron chi connectivity index (χ2n) is 6.24. The number of benzene rings is 1. The van der Waals surface area contributed by atoms with Gasteiger partial charge in [-0.2, -0.15) is 15.4 Å². The van der Waals surface area contributed by atoms with E-state index in [1.807, 2.05) is 0 Å². The Hall–Kier alpha value is -1.38. The topological polar surface area (TPSA) is 41.6 Å². The van der Waals surface area contributed by atoms with Gasteiger partial charge >= 0.3 is 0 Å². The SMILES string of the molecule is Cc1ccc2n[nH]nc2c1C1CCCCCCCCC1. The van der Waals surface area contributed by atoms with Crippen molar-refractivity contribution in [2.45, 2.75) is 70.6 Å². The quantitative estimate of drug-likeness (QED) is 0.803. The van der Waals surface area contributed by atoms with E-state index in [0.29, 0.717) is 5.92 Å². The van der Waals surface area contributed by atoms with E-state index in [1.165, 1.54) is 68.9 Å². The van der Waals surface area contributed by atoms with Gasteiger partial charge in [-0.05, 0) is 42.9 Å². The van der Waals surface area contributed by atoms with Crippen molar-refractivity contribution in [2.24, 2.45) is 0 Å². The Labute approximate surface area is 121 Å². The maximum atomic E-state index is 4.41. The van der Waals surface area contributed by atoms with Crippen molar-refractivity contribution in [3.05, 3.63) is 23.3 Å². The molecule has 0 bridgehead atoms. The van der Waals surface area contributed by atoms with E-state index in [1.54, 1.807) is 0 Å². The number of rotatable bonds is 1. The molecule has 1 fully saturated rings. The van der Waals surface area contributed by atoms with Crippen LogP contribution in [0.25, 0.3) is 11.0 Å². The summed E-state index contributed by atoms with van der Waals surface area (Å²) in [4.78, 5) is 0. The molecule has 1 saturated carbocycles. The van der Waals surface area contributed by atoms with Crippen LogP contribution in [0.3, 0.4) is 0 Å². The molecule has 20 heavy (non-hydrogen) atoms. The minimum atomic E-state index is 0.668. The molecular weight excluding hydrogens is 246 g/mol. The Bertz CT molecular complexity index is 548. The molecule has 3 rings (SSSR count). The smallest absolute Gasteiger partial charge is 0.116 e. The van der Waals surface area contributed by atoms with Gasteiger partial charge in [-0.1, -0.05) is 51.0 Å². The van der Waals surface area contributed by atoms with Gasteiger partial charge in [0.25, 0.3) is 0 Å². The van der Waals surface area contributed by atoms with Crippen molar-refractivity contribution in [1.82, 2.24) is 15.4 Å². The lowest BCUT2D eigenvalue weighted by Crippen LogP contribution is -2.04. The molecule has 0 saturated heterocycles. The Morgan fingerprint density at radius 2 is 1.55 bits per heavy atom. The number of H-pyrrole nitrogens is 1. The Balaban J connectivity index is 1.90. The molecule has 3 nitrogen and oxygen atoms in total. The molecule has 1 aliphatic rings. The van der Waals surface area contributed by atoms with Crippen LogP contribution in [-0.2, 0) is 0 Å². The molecule has 0 aliphatic heterocycles. The third-order valence-corrected chi connectivity index (χ3v) is 4.76. The highest BCUT2D eigenvalue weighted by molar-refractivity contribution is 5.79. The van der Waals surface area contributed by atoms with Crippen LogP contribution in [0.2, 0.25) is 0 Å². The second-order valence-corrected chi connectivity index (χ2v) is 6.24. The lowest BCUT2D eigenvalue weighted by atomic mass is 9.84. The summed E-state index contributed by atoms with van der Waals surface area (Å²) in [6.45, 7) is 2.22. The average molecular weight is 271 g/mol. The maximum absolute atomic E-state index is 4.41. The number of hydrogen-bond acceptors (Lipinski definition) is 2. The number of aromatic nitrogens is 3. The number of nitrogens with one attached hydrogen (secondary N) is 1. The summed E-state index contributed by atoms with van der Waals surface area (Å²) in [7, 11) is 0. The van der Waals surface area contributed by atoms with Crippen molar-refractivity contribution >= 4 is 11.0 Å². The normalized spacial score (nSPS) is 19.2. The summed E-state index contributed by atoms with van der Waals surface area (Å²) in [6, 6.07) is 4.29. The molecule has 1 aromatic heterocycles. The van der Waals surface area contributed by atoms with Crippen LogP contribution in [0, 0.1) is 6.92 Å². The third-order valence-electron chi connectivity index (χ3n) is 4.76. The highest BCUT2D eigenvalue weighted by Crippen LogP contribution is 2.35. The molecule has 1 heterocycles. The monoisotopic (exact) mass is 271 g/mol. The first-order valence-corrected chi connectivity index (χ1v) is 8.16. The van der Waals surface area contributed by atoms with Gasteiger partial charge in [0.15, 0.2) is 0 Å². The summed E-state index contributed by atoms with van der Waals surface area (Å²) in [5.41, 5.74) is 4.96. The van der Waals surface area contributed by atoms with Crippen molar-refractivity contribution in [3.8, 4) is 0 Å². The van der Waals surface area contributed by atoms with E-state index in [9.17, 15) is 0 Å². The van der Waals surface area contributed by atoms with E-state index in [2.05, 4.69) is 34.5 Å². The largest absolute Gasteiger partial charge is 0.197 e. The van der Waals surface area contributed by atoms with E-state index in [0.717, 1.165) is 11.0 Å².